The molecular weight excluding hydrogens is 252 g/mol. The SMILES string of the molecule is CC1(C)C2OCCCC2C1(N)C(=O)N1CCCCCC1. The molecule has 20 heavy (non-hydrogen) atoms. The zero-order valence-corrected chi connectivity index (χ0v) is 12.9. The van der Waals surface area contributed by atoms with Crippen molar-refractivity contribution in [1.82, 2.24) is 4.90 Å². The molecule has 3 fully saturated rings. The van der Waals surface area contributed by atoms with Gasteiger partial charge in [0.15, 0.2) is 0 Å². The second-order valence-electron chi connectivity index (χ2n) is 7.34. The summed E-state index contributed by atoms with van der Waals surface area (Å²) in [5.41, 5.74) is 5.72. The molecule has 2 N–H and O–H groups in total. The van der Waals surface area contributed by atoms with E-state index in [-0.39, 0.29) is 23.3 Å². The maximum Gasteiger partial charge on any atom is 0.243 e. The molecule has 2 heterocycles. The maximum atomic E-state index is 13.1. The lowest BCUT2D eigenvalue weighted by Gasteiger charge is -2.65. The number of fused-ring (bicyclic) bond motifs is 1. The lowest BCUT2D eigenvalue weighted by atomic mass is 9.46. The summed E-state index contributed by atoms with van der Waals surface area (Å²) >= 11 is 0. The minimum Gasteiger partial charge on any atom is -0.377 e. The van der Waals surface area contributed by atoms with Crippen LogP contribution in [0.2, 0.25) is 0 Å². The lowest BCUT2D eigenvalue weighted by molar-refractivity contribution is -0.230. The highest BCUT2D eigenvalue weighted by molar-refractivity contribution is 5.89. The smallest absolute Gasteiger partial charge is 0.243 e. The van der Waals surface area contributed by atoms with Crippen LogP contribution in [0, 0.1) is 11.3 Å². The maximum absolute atomic E-state index is 13.1. The molecule has 2 saturated heterocycles. The Balaban J connectivity index is 1.81. The van der Waals surface area contributed by atoms with E-state index in [0.29, 0.717) is 0 Å². The molecule has 3 atom stereocenters. The number of carbonyl (C=O) groups is 1. The molecule has 0 spiro atoms. The number of nitrogens with zero attached hydrogens (tertiary/aromatic N) is 1. The number of rotatable bonds is 1. The summed E-state index contributed by atoms with van der Waals surface area (Å²) < 4.78 is 5.90. The number of hydrogen-bond acceptors (Lipinski definition) is 3. The molecule has 114 valence electrons. The van der Waals surface area contributed by atoms with Crippen LogP contribution >= 0.6 is 0 Å². The van der Waals surface area contributed by atoms with E-state index in [0.717, 1.165) is 45.4 Å². The van der Waals surface area contributed by atoms with Crippen molar-refractivity contribution < 1.29 is 9.53 Å². The average molecular weight is 280 g/mol. The first-order valence-corrected chi connectivity index (χ1v) is 8.19. The molecule has 0 aromatic carbocycles. The van der Waals surface area contributed by atoms with E-state index in [2.05, 4.69) is 13.8 Å². The van der Waals surface area contributed by atoms with Gasteiger partial charge in [-0.1, -0.05) is 26.7 Å². The highest BCUT2D eigenvalue weighted by Crippen LogP contribution is 2.58. The van der Waals surface area contributed by atoms with Gasteiger partial charge < -0.3 is 15.4 Å². The number of ether oxygens (including phenoxy) is 1. The minimum absolute atomic E-state index is 0.164. The van der Waals surface area contributed by atoms with Crippen molar-refractivity contribution in [3.63, 3.8) is 0 Å². The van der Waals surface area contributed by atoms with Gasteiger partial charge in [0.1, 0.15) is 5.54 Å². The number of nitrogens with two attached hydrogens (primary N) is 1. The monoisotopic (exact) mass is 280 g/mol. The number of likely N-dealkylation sites (tertiary alicyclic amines) is 1. The van der Waals surface area contributed by atoms with E-state index in [4.69, 9.17) is 10.5 Å². The van der Waals surface area contributed by atoms with E-state index in [1.54, 1.807) is 0 Å². The fourth-order valence-electron chi connectivity index (χ4n) is 4.55. The minimum atomic E-state index is -0.720. The first-order valence-electron chi connectivity index (χ1n) is 8.19. The fraction of sp³-hybridized carbons (Fsp3) is 0.938. The molecule has 0 aromatic rings. The molecule has 3 unspecified atom stereocenters. The van der Waals surface area contributed by atoms with Gasteiger partial charge in [-0.05, 0) is 25.7 Å². The van der Waals surface area contributed by atoms with Gasteiger partial charge in [0.05, 0.1) is 6.10 Å². The molecule has 4 nitrogen and oxygen atoms in total. The molecule has 0 bridgehead atoms. The quantitative estimate of drug-likeness (QED) is 0.798. The van der Waals surface area contributed by atoms with Crippen molar-refractivity contribution in [1.29, 1.82) is 0 Å². The Morgan fingerprint density at radius 3 is 2.45 bits per heavy atom. The van der Waals surface area contributed by atoms with Crippen molar-refractivity contribution in [3.8, 4) is 0 Å². The number of carbonyl (C=O) groups excluding carboxylic acids is 1. The van der Waals surface area contributed by atoms with Gasteiger partial charge in [-0.2, -0.15) is 0 Å². The Morgan fingerprint density at radius 2 is 1.80 bits per heavy atom. The average Bonchev–Trinajstić information content (AvgIpc) is 2.74. The van der Waals surface area contributed by atoms with Gasteiger partial charge >= 0.3 is 0 Å². The standard InChI is InChI=1S/C16H28N2O2/c1-15(2)13-12(8-7-11-20-13)16(15,17)14(19)18-9-5-3-4-6-10-18/h12-13H,3-11,17H2,1-2H3. The molecule has 0 aromatic heterocycles. The number of hydrogen-bond donors (Lipinski definition) is 1. The van der Waals surface area contributed by atoms with E-state index in [1.807, 2.05) is 4.90 Å². The normalized spacial score (nSPS) is 40.5. The summed E-state index contributed by atoms with van der Waals surface area (Å²) in [6.07, 6.45) is 6.94. The predicted molar refractivity (Wildman–Crippen MR) is 78.2 cm³/mol. The highest BCUT2D eigenvalue weighted by atomic mass is 16.5. The van der Waals surface area contributed by atoms with Crippen LogP contribution in [0.3, 0.4) is 0 Å². The molecule has 3 rings (SSSR count). The van der Waals surface area contributed by atoms with Gasteiger partial charge in [-0.25, -0.2) is 0 Å². The molecule has 0 radical (unpaired) electrons. The van der Waals surface area contributed by atoms with E-state index in [9.17, 15) is 4.79 Å². The van der Waals surface area contributed by atoms with Crippen molar-refractivity contribution in [2.24, 2.45) is 17.1 Å². The van der Waals surface area contributed by atoms with Gasteiger partial charge in [0.25, 0.3) is 0 Å². The van der Waals surface area contributed by atoms with E-state index < -0.39 is 5.54 Å². The lowest BCUT2D eigenvalue weighted by Crippen LogP contribution is -2.82. The van der Waals surface area contributed by atoms with Crippen LogP contribution in [0.4, 0.5) is 0 Å². The Morgan fingerprint density at radius 1 is 1.15 bits per heavy atom. The Labute approximate surface area is 122 Å². The van der Waals surface area contributed by atoms with Gasteiger partial charge in [0, 0.05) is 31.0 Å². The Kier molecular flexibility index (Phi) is 3.57. The van der Waals surface area contributed by atoms with Crippen LogP contribution < -0.4 is 5.73 Å². The van der Waals surface area contributed by atoms with Gasteiger partial charge in [-0.3, -0.25) is 4.79 Å². The van der Waals surface area contributed by atoms with Crippen molar-refractivity contribution >= 4 is 5.91 Å². The first kappa shape index (κ1) is 14.3. The molecule has 1 amide bonds. The fourth-order valence-corrected chi connectivity index (χ4v) is 4.55. The van der Waals surface area contributed by atoms with Gasteiger partial charge in [-0.15, -0.1) is 0 Å². The predicted octanol–water partition coefficient (Wildman–Crippen LogP) is 1.92. The second kappa shape index (κ2) is 4.99. The molecule has 2 aliphatic heterocycles. The Bertz CT molecular complexity index is 388. The van der Waals surface area contributed by atoms with Crippen LogP contribution in [0.1, 0.15) is 52.4 Å². The third-order valence-corrected chi connectivity index (χ3v) is 5.93. The van der Waals surface area contributed by atoms with Crippen LogP contribution in [0.15, 0.2) is 0 Å². The summed E-state index contributed by atoms with van der Waals surface area (Å²) in [7, 11) is 0. The summed E-state index contributed by atoms with van der Waals surface area (Å²) in [5, 5.41) is 0. The van der Waals surface area contributed by atoms with Crippen molar-refractivity contribution in [2.75, 3.05) is 19.7 Å². The summed E-state index contributed by atoms with van der Waals surface area (Å²) in [4.78, 5) is 15.1. The molecule has 4 heteroatoms. The second-order valence-corrected chi connectivity index (χ2v) is 7.34. The Hall–Kier alpha value is -0.610. The van der Waals surface area contributed by atoms with E-state index in [1.165, 1.54) is 12.8 Å². The highest BCUT2D eigenvalue weighted by Gasteiger charge is 2.70. The third-order valence-electron chi connectivity index (χ3n) is 5.93. The molecule has 1 saturated carbocycles. The summed E-state index contributed by atoms with van der Waals surface area (Å²) in [5.74, 6) is 0.387. The number of amides is 1. The summed E-state index contributed by atoms with van der Waals surface area (Å²) in [6, 6.07) is 0. The van der Waals surface area contributed by atoms with Gasteiger partial charge in [0.2, 0.25) is 5.91 Å². The first-order chi connectivity index (χ1) is 9.49. The van der Waals surface area contributed by atoms with Crippen LogP contribution in [-0.2, 0) is 9.53 Å². The topological polar surface area (TPSA) is 55.6 Å². The van der Waals surface area contributed by atoms with Crippen molar-refractivity contribution in [3.05, 3.63) is 0 Å². The largest absolute Gasteiger partial charge is 0.377 e. The molecule has 3 aliphatic rings. The third kappa shape index (κ3) is 1.84. The zero-order valence-electron chi connectivity index (χ0n) is 12.9. The van der Waals surface area contributed by atoms with Crippen LogP contribution in [0.25, 0.3) is 0 Å². The van der Waals surface area contributed by atoms with Crippen LogP contribution in [0.5, 0.6) is 0 Å². The molecular formula is C16H28N2O2. The summed E-state index contributed by atoms with van der Waals surface area (Å²) in [6.45, 7) is 6.79. The van der Waals surface area contributed by atoms with Crippen LogP contribution in [-0.4, -0.2) is 42.1 Å². The zero-order chi connectivity index (χ0) is 14.4. The van der Waals surface area contributed by atoms with Crippen molar-refractivity contribution in [2.45, 2.75) is 64.0 Å². The molecule has 1 aliphatic carbocycles. The van der Waals surface area contributed by atoms with E-state index >= 15 is 0 Å².